The van der Waals surface area contributed by atoms with Gasteiger partial charge in [-0.1, -0.05) is 29.2 Å². The number of nitrogens with one attached hydrogen (secondary N) is 1. The van der Waals surface area contributed by atoms with Gasteiger partial charge in [-0.25, -0.2) is 4.98 Å². The Morgan fingerprint density at radius 2 is 2.12 bits per heavy atom. The predicted molar refractivity (Wildman–Crippen MR) is 90.6 cm³/mol. The number of benzene rings is 2. The van der Waals surface area contributed by atoms with Crippen molar-refractivity contribution in [3.8, 4) is 6.07 Å². The zero-order valence-electron chi connectivity index (χ0n) is 12.0. The second kappa shape index (κ2) is 6.95. The summed E-state index contributed by atoms with van der Waals surface area (Å²) in [5.74, 6) is -2.87. The van der Waals surface area contributed by atoms with Gasteiger partial charge in [0.05, 0.1) is 21.8 Å². The van der Waals surface area contributed by atoms with Crippen LogP contribution >= 0.6 is 23.1 Å². The van der Waals surface area contributed by atoms with E-state index in [0.717, 1.165) is 0 Å². The van der Waals surface area contributed by atoms with Crippen LogP contribution in [0.15, 0.2) is 47.4 Å². The van der Waals surface area contributed by atoms with E-state index in [2.05, 4.69) is 10.3 Å². The standard InChI is InChI=1S/C16H9F2N3OS2/c17-15(18)23-11-4-5-12-13(7-11)24-16(20-12)21-14(22)10-3-1-2-9(6-10)8-19/h1-7,15H,(H,20,21,22). The lowest BCUT2D eigenvalue weighted by Gasteiger charge is -2.01. The van der Waals surface area contributed by atoms with Crippen molar-refractivity contribution in [2.45, 2.75) is 10.7 Å². The quantitative estimate of drug-likeness (QED) is 0.682. The first kappa shape index (κ1) is 16.4. The smallest absolute Gasteiger partial charge is 0.288 e. The number of nitrogens with zero attached hydrogens (tertiary/aromatic N) is 2. The van der Waals surface area contributed by atoms with E-state index in [1.54, 1.807) is 36.4 Å². The number of rotatable bonds is 4. The monoisotopic (exact) mass is 361 g/mol. The SMILES string of the molecule is N#Cc1cccc(C(=O)Nc2nc3ccc(SC(F)F)cc3s2)c1. The minimum absolute atomic E-state index is 0.349. The molecule has 0 aliphatic carbocycles. The third kappa shape index (κ3) is 3.69. The summed E-state index contributed by atoms with van der Waals surface area (Å²) in [7, 11) is 0. The topological polar surface area (TPSA) is 65.8 Å². The Balaban J connectivity index is 1.82. The second-order valence-electron chi connectivity index (χ2n) is 4.67. The summed E-state index contributed by atoms with van der Waals surface area (Å²) in [6.45, 7) is 0. The first-order valence-corrected chi connectivity index (χ1v) is 8.42. The number of thioether (sulfide) groups is 1. The molecule has 0 saturated carbocycles. The van der Waals surface area contributed by atoms with Crippen LogP contribution in [0.3, 0.4) is 0 Å². The Morgan fingerprint density at radius 3 is 2.88 bits per heavy atom. The van der Waals surface area contributed by atoms with Gasteiger partial charge in [0.2, 0.25) is 0 Å². The molecule has 0 aliphatic rings. The highest BCUT2D eigenvalue weighted by atomic mass is 32.2. The van der Waals surface area contributed by atoms with Crippen molar-refractivity contribution in [3.05, 3.63) is 53.6 Å². The number of amides is 1. The molecule has 1 N–H and O–H groups in total. The number of anilines is 1. The van der Waals surface area contributed by atoms with Crippen LogP contribution in [-0.2, 0) is 0 Å². The van der Waals surface area contributed by atoms with Crippen molar-refractivity contribution < 1.29 is 13.6 Å². The van der Waals surface area contributed by atoms with Crippen LogP contribution in [0.2, 0.25) is 0 Å². The maximum Gasteiger partial charge on any atom is 0.288 e. The second-order valence-corrected chi connectivity index (χ2v) is 6.77. The molecule has 0 unspecified atom stereocenters. The zero-order valence-corrected chi connectivity index (χ0v) is 13.6. The van der Waals surface area contributed by atoms with Gasteiger partial charge in [0, 0.05) is 10.5 Å². The molecular formula is C16H9F2N3OS2. The van der Waals surface area contributed by atoms with Gasteiger partial charge in [-0.15, -0.1) is 0 Å². The molecule has 0 saturated heterocycles. The highest BCUT2D eigenvalue weighted by molar-refractivity contribution is 7.99. The minimum Gasteiger partial charge on any atom is -0.298 e. The number of thiazole rings is 1. The number of hydrogen-bond acceptors (Lipinski definition) is 5. The molecule has 1 aromatic heterocycles. The first-order valence-electron chi connectivity index (χ1n) is 6.72. The van der Waals surface area contributed by atoms with Crippen LogP contribution in [0.5, 0.6) is 0 Å². The molecule has 8 heteroatoms. The van der Waals surface area contributed by atoms with Crippen LogP contribution in [0.4, 0.5) is 13.9 Å². The fraction of sp³-hybridized carbons (Fsp3) is 0.0625. The molecule has 0 fully saturated rings. The van der Waals surface area contributed by atoms with E-state index in [4.69, 9.17) is 5.26 Å². The number of aromatic nitrogens is 1. The molecule has 1 heterocycles. The molecule has 24 heavy (non-hydrogen) atoms. The van der Waals surface area contributed by atoms with Gasteiger partial charge < -0.3 is 0 Å². The van der Waals surface area contributed by atoms with Gasteiger partial charge in [-0.05, 0) is 36.4 Å². The van der Waals surface area contributed by atoms with Crippen molar-refractivity contribution in [1.29, 1.82) is 5.26 Å². The van der Waals surface area contributed by atoms with Gasteiger partial charge in [-0.3, -0.25) is 10.1 Å². The lowest BCUT2D eigenvalue weighted by molar-refractivity contribution is 0.102. The van der Waals surface area contributed by atoms with Gasteiger partial charge >= 0.3 is 0 Å². The van der Waals surface area contributed by atoms with Crippen LogP contribution in [0.25, 0.3) is 10.2 Å². The van der Waals surface area contributed by atoms with Crippen molar-refractivity contribution >= 4 is 44.4 Å². The molecule has 1 amide bonds. The molecule has 4 nitrogen and oxygen atoms in total. The fourth-order valence-corrected chi connectivity index (χ4v) is 3.55. The van der Waals surface area contributed by atoms with Gasteiger partial charge in [0.1, 0.15) is 0 Å². The summed E-state index contributed by atoms with van der Waals surface area (Å²) in [6.07, 6.45) is 0. The van der Waals surface area contributed by atoms with Gasteiger partial charge in [0.25, 0.3) is 11.7 Å². The van der Waals surface area contributed by atoms with Crippen LogP contribution in [0.1, 0.15) is 15.9 Å². The van der Waals surface area contributed by atoms with E-state index in [1.807, 2.05) is 6.07 Å². The number of fused-ring (bicyclic) bond motifs is 1. The summed E-state index contributed by atoms with van der Waals surface area (Å²) in [6, 6.07) is 13.1. The van der Waals surface area contributed by atoms with Crippen molar-refractivity contribution in [2.24, 2.45) is 0 Å². The summed E-state index contributed by atoms with van der Waals surface area (Å²) in [4.78, 5) is 16.9. The highest BCUT2D eigenvalue weighted by Gasteiger charge is 2.12. The predicted octanol–water partition coefficient (Wildman–Crippen LogP) is 4.73. The van der Waals surface area contributed by atoms with Gasteiger partial charge in [0.15, 0.2) is 5.13 Å². The Labute approximate surface area is 144 Å². The molecule has 3 rings (SSSR count). The lowest BCUT2D eigenvalue weighted by atomic mass is 10.1. The largest absolute Gasteiger partial charge is 0.298 e. The average Bonchev–Trinajstić information content (AvgIpc) is 2.95. The fourth-order valence-electron chi connectivity index (χ4n) is 2.03. The molecule has 120 valence electrons. The highest BCUT2D eigenvalue weighted by Crippen LogP contribution is 2.32. The van der Waals surface area contributed by atoms with Crippen molar-refractivity contribution in [2.75, 3.05) is 5.32 Å². The molecule has 2 aromatic carbocycles. The van der Waals surface area contributed by atoms with E-state index >= 15 is 0 Å². The van der Waals surface area contributed by atoms with Crippen molar-refractivity contribution in [3.63, 3.8) is 0 Å². The molecule has 3 aromatic rings. The minimum atomic E-state index is -2.48. The molecule has 0 spiro atoms. The van der Waals surface area contributed by atoms with E-state index in [0.29, 0.717) is 43.1 Å². The summed E-state index contributed by atoms with van der Waals surface area (Å²) in [5.41, 5.74) is 1.36. The Bertz CT molecular complexity index is 950. The van der Waals surface area contributed by atoms with E-state index in [9.17, 15) is 13.6 Å². The van der Waals surface area contributed by atoms with E-state index < -0.39 is 5.76 Å². The lowest BCUT2D eigenvalue weighted by Crippen LogP contribution is -2.11. The number of nitriles is 1. The summed E-state index contributed by atoms with van der Waals surface area (Å²) in [5, 5.41) is 11.9. The third-order valence-corrected chi connectivity index (χ3v) is 4.70. The number of carbonyl (C=O) groups excluding carboxylic acids is 1. The Hall–Kier alpha value is -2.50. The molecule has 0 radical (unpaired) electrons. The first-order chi connectivity index (χ1) is 11.5. The average molecular weight is 361 g/mol. The van der Waals surface area contributed by atoms with E-state index in [1.165, 1.54) is 17.4 Å². The zero-order chi connectivity index (χ0) is 17.1. The molecule has 0 bridgehead atoms. The van der Waals surface area contributed by atoms with E-state index in [-0.39, 0.29) is 5.91 Å². The number of hydrogen-bond donors (Lipinski definition) is 1. The maximum absolute atomic E-state index is 12.4. The van der Waals surface area contributed by atoms with Crippen LogP contribution in [0, 0.1) is 11.3 Å². The Kier molecular flexibility index (Phi) is 4.74. The number of carbonyl (C=O) groups is 1. The third-order valence-electron chi connectivity index (χ3n) is 3.06. The normalized spacial score (nSPS) is 10.8. The summed E-state index contributed by atoms with van der Waals surface area (Å²) >= 11 is 1.67. The van der Waals surface area contributed by atoms with Gasteiger partial charge in [-0.2, -0.15) is 14.0 Å². The Morgan fingerprint density at radius 1 is 1.29 bits per heavy atom. The van der Waals surface area contributed by atoms with Crippen LogP contribution < -0.4 is 5.32 Å². The maximum atomic E-state index is 12.4. The molecule has 0 atom stereocenters. The number of halogens is 2. The molecule has 0 aliphatic heterocycles. The van der Waals surface area contributed by atoms with Crippen molar-refractivity contribution in [1.82, 2.24) is 4.98 Å². The molecular weight excluding hydrogens is 352 g/mol. The van der Waals surface area contributed by atoms with Crippen LogP contribution in [-0.4, -0.2) is 16.6 Å². The summed E-state index contributed by atoms with van der Waals surface area (Å²) < 4.78 is 25.5. The number of alkyl halides is 2.